The van der Waals surface area contributed by atoms with Crippen LogP contribution in [0.15, 0.2) is 22.7 Å². The number of rotatable bonds is 2. The van der Waals surface area contributed by atoms with Crippen LogP contribution in [-0.2, 0) is 4.79 Å². The summed E-state index contributed by atoms with van der Waals surface area (Å²) in [6.07, 6.45) is 7.92. The number of benzene rings is 1. The number of amides is 1. The van der Waals surface area contributed by atoms with Gasteiger partial charge in [0.2, 0.25) is 5.91 Å². The topological polar surface area (TPSA) is 52.9 Å². The fourth-order valence-corrected chi connectivity index (χ4v) is 3.03. The summed E-state index contributed by atoms with van der Waals surface area (Å²) in [5, 5.41) is 12.0. The van der Waals surface area contributed by atoms with Crippen LogP contribution in [0.1, 0.15) is 50.5 Å². The fraction of sp³-hybridized carbons (Fsp3) is 0.500. The molecule has 0 aromatic heterocycles. The summed E-state index contributed by atoms with van der Waals surface area (Å²) in [5.74, 6) is 0.141. The van der Waals surface area contributed by atoms with Gasteiger partial charge in [0.05, 0.1) is 11.3 Å². The van der Waals surface area contributed by atoms with E-state index in [0.29, 0.717) is 11.3 Å². The van der Waals surface area contributed by atoms with Gasteiger partial charge in [-0.05, 0) is 31.0 Å². The predicted octanol–water partition coefficient (Wildman–Crippen LogP) is 4.62. The number of carbonyl (C=O) groups is 1. The van der Waals surface area contributed by atoms with E-state index < -0.39 is 0 Å². The minimum atomic E-state index is 0.0569. The second-order valence-electron chi connectivity index (χ2n) is 5.33. The van der Waals surface area contributed by atoms with Gasteiger partial charge in [0.15, 0.2) is 0 Å². The Hall–Kier alpha value is -1.34. The van der Waals surface area contributed by atoms with Crippen LogP contribution in [0.3, 0.4) is 0 Å². The van der Waals surface area contributed by atoms with E-state index in [1.165, 1.54) is 19.3 Å². The second-order valence-corrected chi connectivity index (χ2v) is 6.25. The molecule has 1 fully saturated rings. The summed E-state index contributed by atoms with van der Waals surface area (Å²) in [4.78, 5) is 12.4. The van der Waals surface area contributed by atoms with Crippen LogP contribution >= 0.6 is 15.9 Å². The van der Waals surface area contributed by atoms with E-state index in [4.69, 9.17) is 5.26 Å². The molecule has 1 aliphatic rings. The molecule has 1 N–H and O–H groups in total. The largest absolute Gasteiger partial charge is 0.325 e. The van der Waals surface area contributed by atoms with Crippen molar-refractivity contribution in [2.24, 2.45) is 5.92 Å². The number of anilines is 1. The number of nitrogens with zero attached hydrogens (tertiary/aromatic N) is 1. The van der Waals surface area contributed by atoms with E-state index >= 15 is 0 Å². The Morgan fingerprint density at radius 3 is 2.50 bits per heavy atom. The molecule has 0 aliphatic heterocycles. The molecule has 106 valence electrons. The smallest absolute Gasteiger partial charge is 0.227 e. The molecular formula is C16H19BrN2O. The molecule has 1 saturated carbocycles. The standard InChI is InChI=1S/C16H19BrN2O/c17-14-9-8-13(11-18)15(10-14)19-16(20)12-6-4-2-1-3-5-7-12/h8-10,12H,1-7H2,(H,19,20). The van der Waals surface area contributed by atoms with Crippen LogP contribution in [0.25, 0.3) is 0 Å². The van der Waals surface area contributed by atoms with Gasteiger partial charge in [-0.15, -0.1) is 0 Å². The van der Waals surface area contributed by atoms with Crippen molar-refractivity contribution in [2.75, 3.05) is 5.32 Å². The second kappa shape index (κ2) is 7.44. The van der Waals surface area contributed by atoms with Crippen LogP contribution in [0.5, 0.6) is 0 Å². The summed E-state index contributed by atoms with van der Waals surface area (Å²) in [7, 11) is 0. The lowest BCUT2D eigenvalue weighted by molar-refractivity contribution is -0.120. The predicted molar refractivity (Wildman–Crippen MR) is 83.3 cm³/mol. The highest BCUT2D eigenvalue weighted by Crippen LogP contribution is 2.26. The summed E-state index contributed by atoms with van der Waals surface area (Å²) in [6, 6.07) is 7.44. The molecule has 4 heteroatoms. The minimum Gasteiger partial charge on any atom is -0.325 e. The van der Waals surface area contributed by atoms with Gasteiger partial charge < -0.3 is 5.32 Å². The van der Waals surface area contributed by atoms with E-state index in [1.54, 1.807) is 12.1 Å². The first-order valence-electron chi connectivity index (χ1n) is 7.21. The van der Waals surface area contributed by atoms with Gasteiger partial charge in [0, 0.05) is 10.4 Å². The highest BCUT2D eigenvalue weighted by Gasteiger charge is 2.20. The number of hydrogen-bond donors (Lipinski definition) is 1. The highest BCUT2D eigenvalue weighted by atomic mass is 79.9. The molecule has 1 aliphatic carbocycles. The van der Waals surface area contributed by atoms with E-state index in [1.807, 2.05) is 6.07 Å². The monoisotopic (exact) mass is 334 g/mol. The maximum absolute atomic E-state index is 12.4. The Morgan fingerprint density at radius 2 is 1.85 bits per heavy atom. The molecule has 1 aromatic rings. The lowest BCUT2D eigenvalue weighted by Gasteiger charge is -2.19. The van der Waals surface area contributed by atoms with Crippen molar-refractivity contribution >= 4 is 27.5 Å². The molecule has 20 heavy (non-hydrogen) atoms. The number of nitrogens with one attached hydrogen (secondary N) is 1. The van der Waals surface area contributed by atoms with Crippen molar-refractivity contribution in [3.8, 4) is 6.07 Å². The summed E-state index contributed by atoms with van der Waals surface area (Å²) in [6.45, 7) is 0. The van der Waals surface area contributed by atoms with Crippen LogP contribution in [0.2, 0.25) is 0 Å². The molecule has 0 unspecified atom stereocenters. The van der Waals surface area contributed by atoms with Gasteiger partial charge in [0.25, 0.3) is 0 Å². The Kier molecular flexibility index (Phi) is 5.60. The maximum atomic E-state index is 12.4. The van der Waals surface area contributed by atoms with Crippen LogP contribution in [0.4, 0.5) is 5.69 Å². The third-order valence-corrected chi connectivity index (χ3v) is 4.33. The Balaban J connectivity index is 2.06. The Morgan fingerprint density at radius 1 is 1.20 bits per heavy atom. The van der Waals surface area contributed by atoms with Crippen LogP contribution in [-0.4, -0.2) is 5.91 Å². The van der Waals surface area contributed by atoms with E-state index in [9.17, 15) is 4.79 Å². The fourth-order valence-electron chi connectivity index (χ4n) is 2.67. The number of carbonyl (C=O) groups excluding carboxylic acids is 1. The Labute approximate surface area is 128 Å². The average Bonchev–Trinajstić information content (AvgIpc) is 2.38. The van der Waals surface area contributed by atoms with Gasteiger partial charge in [-0.1, -0.05) is 48.0 Å². The first-order valence-corrected chi connectivity index (χ1v) is 8.00. The first-order chi connectivity index (χ1) is 9.70. The van der Waals surface area contributed by atoms with Crippen molar-refractivity contribution in [2.45, 2.75) is 44.9 Å². The van der Waals surface area contributed by atoms with E-state index in [-0.39, 0.29) is 11.8 Å². The molecular weight excluding hydrogens is 316 g/mol. The lowest BCUT2D eigenvalue weighted by atomic mass is 9.90. The molecule has 1 amide bonds. The number of halogens is 1. The van der Waals surface area contributed by atoms with Crippen molar-refractivity contribution in [3.63, 3.8) is 0 Å². The molecule has 3 nitrogen and oxygen atoms in total. The number of hydrogen-bond acceptors (Lipinski definition) is 2. The molecule has 2 rings (SSSR count). The average molecular weight is 335 g/mol. The summed E-state index contributed by atoms with van der Waals surface area (Å²) >= 11 is 3.37. The van der Waals surface area contributed by atoms with Gasteiger partial charge >= 0.3 is 0 Å². The van der Waals surface area contributed by atoms with Crippen molar-refractivity contribution in [1.29, 1.82) is 5.26 Å². The highest BCUT2D eigenvalue weighted by molar-refractivity contribution is 9.10. The molecule has 0 spiro atoms. The zero-order valence-electron chi connectivity index (χ0n) is 11.5. The third-order valence-electron chi connectivity index (χ3n) is 3.84. The molecule has 0 radical (unpaired) electrons. The third kappa shape index (κ3) is 4.08. The molecule has 0 bridgehead atoms. The van der Waals surface area contributed by atoms with Crippen molar-refractivity contribution < 1.29 is 4.79 Å². The van der Waals surface area contributed by atoms with Crippen molar-refractivity contribution in [1.82, 2.24) is 0 Å². The zero-order valence-corrected chi connectivity index (χ0v) is 13.1. The van der Waals surface area contributed by atoms with Gasteiger partial charge in [-0.3, -0.25) is 4.79 Å². The number of nitriles is 1. The minimum absolute atomic E-state index is 0.0569. The molecule has 0 atom stereocenters. The van der Waals surface area contributed by atoms with Crippen molar-refractivity contribution in [3.05, 3.63) is 28.2 Å². The first kappa shape index (κ1) is 15.1. The normalized spacial score (nSPS) is 16.8. The summed E-state index contributed by atoms with van der Waals surface area (Å²) in [5.41, 5.74) is 1.11. The van der Waals surface area contributed by atoms with E-state index in [2.05, 4.69) is 27.3 Å². The maximum Gasteiger partial charge on any atom is 0.227 e. The Bertz CT molecular complexity index is 514. The van der Waals surface area contributed by atoms with Crippen LogP contribution in [0, 0.1) is 17.2 Å². The van der Waals surface area contributed by atoms with Gasteiger partial charge in [0.1, 0.15) is 6.07 Å². The molecule has 0 saturated heterocycles. The molecule has 1 aromatic carbocycles. The van der Waals surface area contributed by atoms with Gasteiger partial charge in [-0.2, -0.15) is 5.26 Å². The lowest BCUT2D eigenvalue weighted by Crippen LogP contribution is -2.24. The summed E-state index contributed by atoms with van der Waals surface area (Å²) < 4.78 is 0.865. The molecule has 0 heterocycles. The zero-order chi connectivity index (χ0) is 14.4. The van der Waals surface area contributed by atoms with Gasteiger partial charge in [-0.25, -0.2) is 0 Å². The van der Waals surface area contributed by atoms with E-state index in [0.717, 1.165) is 30.2 Å². The van der Waals surface area contributed by atoms with Crippen LogP contribution < -0.4 is 5.32 Å². The quantitative estimate of drug-likeness (QED) is 0.857. The SMILES string of the molecule is N#Cc1ccc(Br)cc1NC(=O)C1CCCCCCC1.